The number of hydrogen-bond donors (Lipinski definition) is 1. The molecule has 5 nitrogen and oxygen atoms in total. The second-order valence-electron chi connectivity index (χ2n) is 5.40. The van der Waals surface area contributed by atoms with Crippen molar-refractivity contribution in [1.82, 2.24) is 10.2 Å². The smallest absolute Gasteiger partial charge is 0.317 e. The summed E-state index contributed by atoms with van der Waals surface area (Å²) in [7, 11) is 1.79. The second kappa shape index (κ2) is 8.86. The predicted molar refractivity (Wildman–Crippen MR) is 86.6 cm³/mol. The van der Waals surface area contributed by atoms with Gasteiger partial charge in [-0.1, -0.05) is 11.6 Å². The summed E-state index contributed by atoms with van der Waals surface area (Å²) in [5, 5.41) is 3.51. The molecule has 1 aromatic rings. The van der Waals surface area contributed by atoms with Gasteiger partial charge in [-0.3, -0.25) is 0 Å². The van der Waals surface area contributed by atoms with Crippen LogP contribution in [0.4, 0.5) is 4.79 Å². The quantitative estimate of drug-likeness (QED) is 0.818. The molecule has 1 aliphatic heterocycles. The molecule has 1 aliphatic rings. The van der Waals surface area contributed by atoms with Crippen LogP contribution in [0.25, 0.3) is 0 Å². The Balaban J connectivity index is 1.61. The maximum atomic E-state index is 12.0. The fourth-order valence-corrected chi connectivity index (χ4v) is 2.46. The first kappa shape index (κ1) is 16.9. The molecule has 2 rings (SSSR count). The minimum absolute atomic E-state index is 0.103. The van der Waals surface area contributed by atoms with Crippen molar-refractivity contribution in [3.8, 4) is 5.75 Å². The van der Waals surface area contributed by atoms with Crippen molar-refractivity contribution in [3.05, 3.63) is 29.3 Å². The van der Waals surface area contributed by atoms with Crippen molar-refractivity contribution in [2.24, 2.45) is 0 Å². The van der Waals surface area contributed by atoms with Gasteiger partial charge in [-0.05, 0) is 43.5 Å². The molecule has 0 radical (unpaired) electrons. The van der Waals surface area contributed by atoms with E-state index in [1.165, 1.54) is 6.42 Å². The first-order chi connectivity index (χ1) is 10.6. The van der Waals surface area contributed by atoms with E-state index in [0.29, 0.717) is 24.7 Å². The molecule has 1 fully saturated rings. The Morgan fingerprint density at radius 2 is 2.18 bits per heavy atom. The molecule has 0 spiro atoms. The van der Waals surface area contributed by atoms with Gasteiger partial charge in [0.15, 0.2) is 0 Å². The highest BCUT2D eigenvalue weighted by atomic mass is 35.5. The van der Waals surface area contributed by atoms with Crippen molar-refractivity contribution in [1.29, 1.82) is 0 Å². The lowest BCUT2D eigenvalue weighted by Gasteiger charge is -2.27. The van der Waals surface area contributed by atoms with E-state index in [1.807, 2.05) is 0 Å². The fraction of sp³-hybridized carbons (Fsp3) is 0.562. The highest BCUT2D eigenvalue weighted by Gasteiger charge is 2.18. The molecule has 1 unspecified atom stereocenters. The van der Waals surface area contributed by atoms with Crippen LogP contribution >= 0.6 is 11.6 Å². The molecule has 22 heavy (non-hydrogen) atoms. The molecular formula is C16H23ClN2O3. The van der Waals surface area contributed by atoms with Crippen LogP contribution in [0, 0.1) is 0 Å². The van der Waals surface area contributed by atoms with Gasteiger partial charge in [0.2, 0.25) is 0 Å². The number of urea groups is 1. The van der Waals surface area contributed by atoms with Gasteiger partial charge in [-0.25, -0.2) is 4.79 Å². The van der Waals surface area contributed by atoms with Crippen molar-refractivity contribution in [2.75, 3.05) is 33.4 Å². The molecule has 1 saturated heterocycles. The SMILES string of the molecule is CN(CC1CCCCO1)C(=O)NCCOc1ccc(Cl)cc1. The van der Waals surface area contributed by atoms with Crippen molar-refractivity contribution >= 4 is 17.6 Å². The minimum atomic E-state index is -0.103. The third-order valence-electron chi connectivity index (χ3n) is 3.56. The maximum absolute atomic E-state index is 12.0. The van der Waals surface area contributed by atoms with Gasteiger partial charge in [0.25, 0.3) is 0 Å². The summed E-state index contributed by atoms with van der Waals surface area (Å²) in [5.74, 6) is 0.739. The Kier molecular flexibility index (Phi) is 6.80. The number of nitrogens with zero attached hydrogens (tertiary/aromatic N) is 1. The van der Waals surface area contributed by atoms with Crippen LogP contribution in [0.1, 0.15) is 19.3 Å². The number of rotatable bonds is 6. The van der Waals surface area contributed by atoms with Gasteiger partial charge in [0, 0.05) is 25.2 Å². The number of carbonyl (C=O) groups is 1. The van der Waals surface area contributed by atoms with E-state index < -0.39 is 0 Å². The molecule has 1 heterocycles. The molecule has 6 heteroatoms. The summed E-state index contributed by atoms with van der Waals surface area (Å²) in [5.41, 5.74) is 0. The largest absolute Gasteiger partial charge is 0.492 e. The number of nitrogens with one attached hydrogen (secondary N) is 1. The number of benzene rings is 1. The van der Waals surface area contributed by atoms with E-state index in [-0.39, 0.29) is 12.1 Å². The number of hydrogen-bond acceptors (Lipinski definition) is 3. The van der Waals surface area contributed by atoms with Gasteiger partial charge in [-0.2, -0.15) is 0 Å². The number of carbonyl (C=O) groups excluding carboxylic acids is 1. The highest BCUT2D eigenvalue weighted by Crippen LogP contribution is 2.15. The number of amides is 2. The predicted octanol–water partition coefficient (Wildman–Crippen LogP) is 2.93. The van der Waals surface area contributed by atoms with Crippen LogP contribution < -0.4 is 10.1 Å². The standard InChI is InChI=1S/C16H23ClN2O3/c1-19(12-15-4-2-3-10-21-15)16(20)18-9-11-22-14-7-5-13(17)6-8-14/h5-8,15H,2-4,9-12H2,1H3,(H,18,20). The Morgan fingerprint density at radius 1 is 1.41 bits per heavy atom. The van der Waals surface area contributed by atoms with Crippen LogP contribution in [0.5, 0.6) is 5.75 Å². The minimum Gasteiger partial charge on any atom is -0.492 e. The maximum Gasteiger partial charge on any atom is 0.317 e. The molecule has 0 aliphatic carbocycles. The monoisotopic (exact) mass is 326 g/mol. The van der Waals surface area contributed by atoms with E-state index in [1.54, 1.807) is 36.2 Å². The molecule has 1 N–H and O–H groups in total. The normalized spacial score (nSPS) is 17.8. The Bertz CT molecular complexity index is 461. The van der Waals surface area contributed by atoms with Crippen molar-refractivity contribution in [2.45, 2.75) is 25.4 Å². The summed E-state index contributed by atoms with van der Waals surface area (Å²) in [6.07, 6.45) is 3.48. The van der Waals surface area contributed by atoms with Crippen LogP contribution in [0.15, 0.2) is 24.3 Å². The van der Waals surface area contributed by atoms with Crippen LogP contribution in [-0.4, -0.2) is 50.4 Å². The Labute approximate surface area is 136 Å². The van der Waals surface area contributed by atoms with Gasteiger partial charge < -0.3 is 19.7 Å². The van der Waals surface area contributed by atoms with Gasteiger partial charge >= 0.3 is 6.03 Å². The van der Waals surface area contributed by atoms with Gasteiger partial charge in [-0.15, -0.1) is 0 Å². The number of halogens is 1. The number of likely N-dealkylation sites (N-methyl/N-ethyl adjacent to an activating group) is 1. The fourth-order valence-electron chi connectivity index (χ4n) is 2.33. The molecule has 0 bridgehead atoms. The van der Waals surface area contributed by atoms with Crippen LogP contribution in [0.3, 0.4) is 0 Å². The van der Waals surface area contributed by atoms with E-state index in [4.69, 9.17) is 21.1 Å². The molecule has 1 atom stereocenters. The third-order valence-corrected chi connectivity index (χ3v) is 3.81. The first-order valence-electron chi connectivity index (χ1n) is 7.64. The first-order valence-corrected chi connectivity index (χ1v) is 8.02. The van der Waals surface area contributed by atoms with E-state index in [9.17, 15) is 4.79 Å². The molecule has 1 aromatic carbocycles. The van der Waals surface area contributed by atoms with Crippen molar-refractivity contribution < 1.29 is 14.3 Å². The van der Waals surface area contributed by atoms with E-state index in [2.05, 4.69) is 5.32 Å². The van der Waals surface area contributed by atoms with Gasteiger partial charge in [0.1, 0.15) is 12.4 Å². The third kappa shape index (κ3) is 5.73. The summed E-state index contributed by atoms with van der Waals surface area (Å²) < 4.78 is 11.2. The topological polar surface area (TPSA) is 50.8 Å². The van der Waals surface area contributed by atoms with Crippen LogP contribution in [0.2, 0.25) is 5.02 Å². The molecule has 0 aromatic heterocycles. The second-order valence-corrected chi connectivity index (χ2v) is 5.84. The summed E-state index contributed by atoms with van der Waals surface area (Å²) in [6, 6.07) is 7.04. The molecule has 2 amide bonds. The lowest BCUT2D eigenvalue weighted by Crippen LogP contribution is -2.43. The van der Waals surface area contributed by atoms with E-state index >= 15 is 0 Å². The van der Waals surface area contributed by atoms with Gasteiger partial charge in [0.05, 0.1) is 12.6 Å². The van der Waals surface area contributed by atoms with E-state index in [0.717, 1.165) is 25.2 Å². The zero-order chi connectivity index (χ0) is 15.8. The summed E-state index contributed by atoms with van der Waals surface area (Å²) >= 11 is 5.80. The Hall–Kier alpha value is -1.46. The number of ether oxygens (including phenoxy) is 2. The summed E-state index contributed by atoms with van der Waals surface area (Å²) in [6.45, 7) is 2.30. The zero-order valence-corrected chi connectivity index (χ0v) is 13.6. The summed E-state index contributed by atoms with van der Waals surface area (Å²) in [4.78, 5) is 13.6. The zero-order valence-electron chi connectivity index (χ0n) is 12.9. The molecular weight excluding hydrogens is 304 g/mol. The molecule has 0 saturated carbocycles. The van der Waals surface area contributed by atoms with Crippen LogP contribution in [-0.2, 0) is 4.74 Å². The molecule has 122 valence electrons. The Morgan fingerprint density at radius 3 is 2.86 bits per heavy atom. The highest BCUT2D eigenvalue weighted by molar-refractivity contribution is 6.30. The van der Waals surface area contributed by atoms with Crippen molar-refractivity contribution in [3.63, 3.8) is 0 Å². The lowest BCUT2D eigenvalue weighted by atomic mass is 10.1. The average molecular weight is 327 g/mol. The lowest BCUT2D eigenvalue weighted by molar-refractivity contribution is 0.00384. The average Bonchev–Trinajstić information content (AvgIpc) is 2.54.